The number of halogens is 2. The van der Waals surface area contributed by atoms with E-state index < -0.39 is 17.2 Å². The van der Waals surface area contributed by atoms with Gasteiger partial charge >= 0.3 is 5.97 Å². The minimum absolute atomic E-state index is 0.0270. The van der Waals surface area contributed by atoms with E-state index in [0.29, 0.717) is 10.6 Å². The highest BCUT2D eigenvalue weighted by molar-refractivity contribution is 6.31. The summed E-state index contributed by atoms with van der Waals surface area (Å²) in [6.45, 7) is 1.93. The van der Waals surface area contributed by atoms with Gasteiger partial charge in [-0.1, -0.05) is 72.3 Å². The molecule has 0 saturated carbocycles. The molecule has 158 valence electrons. The Balaban J connectivity index is 1.94. The molecule has 4 nitrogen and oxygen atoms in total. The summed E-state index contributed by atoms with van der Waals surface area (Å²) in [7, 11) is 1.65. The molecule has 0 bridgehead atoms. The lowest BCUT2D eigenvalue weighted by atomic mass is 9.71. The van der Waals surface area contributed by atoms with Crippen LogP contribution in [0, 0.1) is 0 Å². The molecule has 2 atom stereocenters. The number of benzene rings is 2. The van der Waals surface area contributed by atoms with Crippen LogP contribution in [0.4, 0.5) is 4.39 Å². The third-order valence-corrected chi connectivity index (χ3v) is 5.69. The van der Waals surface area contributed by atoms with Crippen LogP contribution >= 0.6 is 11.6 Å². The molecule has 0 spiro atoms. The van der Waals surface area contributed by atoms with Gasteiger partial charge < -0.3 is 9.84 Å². The monoisotopic (exact) mass is 429 g/mol. The molecule has 2 aromatic rings. The zero-order valence-corrected chi connectivity index (χ0v) is 17.8. The first-order valence-corrected chi connectivity index (χ1v) is 10.1. The zero-order valence-electron chi connectivity index (χ0n) is 17.0. The molecule has 2 aromatic carbocycles. The molecule has 2 unspecified atom stereocenters. The van der Waals surface area contributed by atoms with Crippen LogP contribution in [-0.4, -0.2) is 48.6 Å². The van der Waals surface area contributed by atoms with Crippen LogP contribution < -0.4 is 0 Å². The minimum atomic E-state index is -2.15. The van der Waals surface area contributed by atoms with Gasteiger partial charge in [0, 0.05) is 11.6 Å². The standard InChI is InChI=1S/C24H25ClFNO3/c1-23(20-10-6-7-11-21(20)25)16-19(18-8-4-3-5-9-18)12-13-24(23,26)30-15-14-27(2)17-22(28)29/h3-13,16H,14-15,17H2,1-2H3,(H,28,29). The molecule has 1 aliphatic rings. The Morgan fingerprint density at radius 1 is 1.17 bits per heavy atom. The van der Waals surface area contributed by atoms with Gasteiger partial charge in [0.15, 0.2) is 0 Å². The van der Waals surface area contributed by atoms with E-state index in [1.54, 1.807) is 43.1 Å². The van der Waals surface area contributed by atoms with E-state index in [0.717, 1.165) is 11.1 Å². The summed E-state index contributed by atoms with van der Waals surface area (Å²) >= 11 is 6.46. The molecule has 6 heteroatoms. The number of ether oxygens (including phenoxy) is 1. The zero-order chi connectivity index (χ0) is 21.8. The second kappa shape index (κ2) is 9.13. The Morgan fingerprint density at radius 3 is 2.50 bits per heavy atom. The Bertz CT molecular complexity index is 962. The molecule has 0 heterocycles. The molecule has 0 aliphatic heterocycles. The predicted molar refractivity (Wildman–Crippen MR) is 117 cm³/mol. The Kier molecular flexibility index (Phi) is 6.76. The van der Waals surface area contributed by atoms with Gasteiger partial charge in [0.1, 0.15) is 0 Å². The van der Waals surface area contributed by atoms with Crippen molar-refractivity contribution in [3.05, 3.63) is 89.0 Å². The fraction of sp³-hybridized carbons (Fsp3) is 0.292. The van der Waals surface area contributed by atoms with Crippen LogP contribution in [0.3, 0.4) is 0 Å². The largest absolute Gasteiger partial charge is 0.480 e. The minimum Gasteiger partial charge on any atom is -0.480 e. The second-order valence-electron chi connectivity index (χ2n) is 7.61. The number of carboxylic acids is 1. The normalized spacial score (nSPS) is 23.4. The number of allylic oxidation sites excluding steroid dienone is 2. The van der Waals surface area contributed by atoms with Crippen LogP contribution in [0.1, 0.15) is 18.1 Å². The number of carbonyl (C=O) groups is 1. The number of likely N-dealkylation sites (N-methyl/N-ethyl adjacent to an activating group) is 1. The SMILES string of the molecule is CN(CCOC1(F)C=CC(c2ccccc2)=CC1(C)c1ccccc1Cl)CC(=O)O. The first-order chi connectivity index (χ1) is 14.2. The van der Waals surface area contributed by atoms with E-state index in [2.05, 4.69) is 0 Å². The highest BCUT2D eigenvalue weighted by Crippen LogP contribution is 2.48. The highest BCUT2D eigenvalue weighted by atomic mass is 35.5. The van der Waals surface area contributed by atoms with Crippen molar-refractivity contribution in [2.75, 3.05) is 26.7 Å². The average molecular weight is 430 g/mol. The van der Waals surface area contributed by atoms with Crippen molar-refractivity contribution in [3.8, 4) is 0 Å². The van der Waals surface area contributed by atoms with Crippen molar-refractivity contribution in [2.45, 2.75) is 18.2 Å². The Morgan fingerprint density at radius 2 is 1.83 bits per heavy atom. The van der Waals surface area contributed by atoms with Crippen LogP contribution in [0.15, 0.2) is 72.8 Å². The molecule has 30 heavy (non-hydrogen) atoms. The van der Waals surface area contributed by atoms with Crippen molar-refractivity contribution >= 4 is 23.1 Å². The summed E-state index contributed by atoms with van der Waals surface area (Å²) in [5, 5.41) is 9.34. The maximum Gasteiger partial charge on any atom is 0.317 e. The Labute approximate surface area is 181 Å². The number of hydrogen-bond acceptors (Lipinski definition) is 3. The van der Waals surface area contributed by atoms with Crippen molar-refractivity contribution in [1.29, 1.82) is 0 Å². The van der Waals surface area contributed by atoms with E-state index >= 15 is 4.39 Å². The maximum atomic E-state index is 16.3. The van der Waals surface area contributed by atoms with E-state index in [-0.39, 0.29) is 19.7 Å². The lowest BCUT2D eigenvalue weighted by Crippen LogP contribution is -2.48. The molecule has 1 aliphatic carbocycles. The fourth-order valence-electron chi connectivity index (χ4n) is 3.64. The van der Waals surface area contributed by atoms with Crippen LogP contribution in [0.5, 0.6) is 0 Å². The van der Waals surface area contributed by atoms with Gasteiger partial charge in [0.25, 0.3) is 0 Å². The molecular weight excluding hydrogens is 405 g/mol. The van der Waals surface area contributed by atoms with Crippen molar-refractivity contribution in [1.82, 2.24) is 4.90 Å². The molecule has 0 radical (unpaired) electrons. The van der Waals surface area contributed by atoms with E-state index in [9.17, 15) is 4.79 Å². The number of rotatable bonds is 8. The van der Waals surface area contributed by atoms with Gasteiger partial charge in [-0.25, -0.2) is 4.39 Å². The van der Waals surface area contributed by atoms with Gasteiger partial charge in [-0.3, -0.25) is 9.69 Å². The van der Waals surface area contributed by atoms with Crippen molar-refractivity contribution in [2.24, 2.45) is 0 Å². The number of carboxylic acid groups (broad SMARTS) is 1. The van der Waals surface area contributed by atoms with Gasteiger partial charge in [-0.05, 0) is 42.8 Å². The van der Waals surface area contributed by atoms with Gasteiger partial charge in [-0.2, -0.15) is 0 Å². The fourth-order valence-corrected chi connectivity index (χ4v) is 3.97. The molecular formula is C24H25ClFNO3. The molecule has 1 N–H and O–H groups in total. The van der Waals surface area contributed by atoms with Crippen molar-refractivity contribution < 1.29 is 19.0 Å². The first kappa shape index (κ1) is 22.2. The molecule has 0 fully saturated rings. The summed E-state index contributed by atoms with van der Waals surface area (Å²) < 4.78 is 22.1. The van der Waals surface area contributed by atoms with Crippen LogP contribution in [-0.2, 0) is 14.9 Å². The second-order valence-corrected chi connectivity index (χ2v) is 8.01. The summed E-state index contributed by atoms with van der Waals surface area (Å²) in [6.07, 6.45) is 5.00. The summed E-state index contributed by atoms with van der Waals surface area (Å²) in [4.78, 5) is 12.4. The smallest absolute Gasteiger partial charge is 0.317 e. The number of nitrogens with zero attached hydrogens (tertiary/aromatic N) is 1. The summed E-state index contributed by atoms with van der Waals surface area (Å²) in [5.74, 6) is -3.10. The first-order valence-electron chi connectivity index (χ1n) is 9.71. The third-order valence-electron chi connectivity index (χ3n) is 5.36. The maximum absolute atomic E-state index is 16.3. The molecule has 3 rings (SSSR count). The van der Waals surface area contributed by atoms with Gasteiger partial charge in [0.05, 0.1) is 18.6 Å². The number of alkyl halides is 1. The lowest BCUT2D eigenvalue weighted by Gasteiger charge is -2.42. The van der Waals surface area contributed by atoms with Gasteiger partial charge in [0.2, 0.25) is 5.85 Å². The number of aliphatic carboxylic acids is 1. The van der Waals surface area contributed by atoms with E-state index in [1.807, 2.05) is 42.5 Å². The quantitative estimate of drug-likeness (QED) is 0.645. The summed E-state index contributed by atoms with van der Waals surface area (Å²) in [6, 6.07) is 16.9. The predicted octanol–water partition coefficient (Wildman–Crippen LogP) is 4.95. The summed E-state index contributed by atoms with van der Waals surface area (Å²) in [5.41, 5.74) is 1.27. The van der Waals surface area contributed by atoms with Gasteiger partial charge in [-0.15, -0.1) is 0 Å². The lowest BCUT2D eigenvalue weighted by molar-refractivity contribution is -0.148. The average Bonchev–Trinajstić information content (AvgIpc) is 2.70. The molecule has 0 saturated heterocycles. The third kappa shape index (κ3) is 4.64. The topological polar surface area (TPSA) is 49.8 Å². The van der Waals surface area contributed by atoms with Crippen LogP contribution in [0.2, 0.25) is 5.02 Å². The molecule has 0 aromatic heterocycles. The highest BCUT2D eigenvalue weighted by Gasteiger charge is 2.51. The van der Waals surface area contributed by atoms with E-state index in [4.69, 9.17) is 21.4 Å². The number of hydrogen-bond donors (Lipinski definition) is 1. The molecule has 0 amide bonds. The van der Waals surface area contributed by atoms with Crippen molar-refractivity contribution in [3.63, 3.8) is 0 Å². The van der Waals surface area contributed by atoms with Crippen LogP contribution in [0.25, 0.3) is 5.57 Å². The Hall–Kier alpha value is -2.47. The van der Waals surface area contributed by atoms with E-state index in [1.165, 1.54) is 6.08 Å².